The predicted octanol–water partition coefficient (Wildman–Crippen LogP) is 2.35. The van der Waals surface area contributed by atoms with E-state index < -0.39 is 5.82 Å². The van der Waals surface area contributed by atoms with Gasteiger partial charge in [-0.15, -0.1) is 0 Å². The minimum atomic E-state index is -0.515. The molecule has 14 heavy (non-hydrogen) atoms. The number of hydrogen-bond acceptors (Lipinski definition) is 2. The Hall–Kier alpha value is -0.800. The third-order valence-corrected chi connectivity index (χ3v) is 2.62. The van der Waals surface area contributed by atoms with Crippen LogP contribution in [-0.2, 0) is 0 Å². The fourth-order valence-corrected chi connectivity index (χ4v) is 1.29. The van der Waals surface area contributed by atoms with Crippen LogP contribution < -0.4 is 10.5 Å². The monoisotopic (exact) mass is 215 g/mol. The first-order valence-corrected chi connectivity index (χ1v) is 4.84. The molecule has 0 bridgehead atoms. The van der Waals surface area contributed by atoms with Crippen LogP contribution in [0.4, 0.5) is 4.39 Å². The van der Waals surface area contributed by atoms with Gasteiger partial charge < -0.3 is 10.5 Å². The molecule has 0 saturated heterocycles. The molecule has 1 fully saturated rings. The Kier molecular flexibility index (Phi) is 2.37. The predicted molar refractivity (Wildman–Crippen MR) is 53.1 cm³/mol. The lowest BCUT2D eigenvalue weighted by atomic mass is 10.3. The summed E-state index contributed by atoms with van der Waals surface area (Å²) in [6.07, 6.45) is 1.88. The van der Waals surface area contributed by atoms with Crippen molar-refractivity contribution in [3.05, 3.63) is 29.0 Å². The highest BCUT2D eigenvalue weighted by atomic mass is 35.5. The summed E-state index contributed by atoms with van der Waals surface area (Å²) in [6, 6.07) is 4.68. The maximum atomic E-state index is 13.3. The summed E-state index contributed by atoms with van der Waals surface area (Å²) >= 11 is 5.59. The van der Waals surface area contributed by atoms with Crippen LogP contribution in [-0.4, -0.2) is 12.1 Å². The van der Waals surface area contributed by atoms with Gasteiger partial charge in [0.25, 0.3) is 0 Å². The van der Waals surface area contributed by atoms with Crippen LogP contribution in [0.15, 0.2) is 18.2 Å². The molecule has 2 rings (SSSR count). The second-order valence-electron chi connectivity index (χ2n) is 3.70. The van der Waals surface area contributed by atoms with Gasteiger partial charge >= 0.3 is 0 Å². The maximum Gasteiger partial charge on any atom is 0.183 e. The lowest BCUT2D eigenvalue weighted by molar-refractivity contribution is 0.267. The molecule has 0 aromatic heterocycles. The number of benzene rings is 1. The quantitative estimate of drug-likeness (QED) is 0.840. The van der Waals surface area contributed by atoms with Crippen LogP contribution >= 0.6 is 11.6 Å². The number of halogens is 2. The normalized spacial score (nSPS) is 17.9. The molecule has 0 unspecified atom stereocenters. The highest BCUT2D eigenvalue weighted by Gasteiger charge is 2.39. The van der Waals surface area contributed by atoms with Crippen molar-refractivity contribution in [3.63, 3.8) is 0 Å². The molecule has 0 radical (unpaired) electrons. The van der Waals surface area contributed by atoms with E-state index in [2.05, 4.69) is 0 Å². The molecule has 1 saturated carbocycles. The van der Waals surface area contributed by atoms with Crippen molar-refractivity contribution >= 4 is 11.6 Å². The molecule has 2 nitrogen and oxygen atoms in total. The zero-order chi connectivity index (χ0) is 10.2. The van der Waals surface area contributed by atoms with Crippen LogP contribution in [0, 0.1) is 5.82 Å². The van der Waals surface area contributed by atoms with Crippen LogP contribution in [0.5, 0.6) is 5.75 Å². The molecule has 0 atom stereocenters. The van der Waals surface area contributed by atoms with Crippen molar-refractivity contribution in [1.82, 2.24) is 0 Å². The van der Waals surface area contributed by atoms with E-state index in [4.69, 9.17) is 22.1 Å². The van der Waals surface area contributed by atoms with E-state index in [1.165, 1.54) is 6.07 Å². The van der Waals surface area contributed by atoms with Gasteiger partial charge in [0.15, 0.2) is 11.6 Å². The minimum Gasteiger partial charge on any atom is -0.489 e. The average molecular weight is 216 g/mol. The summed E-state index contributed by atoms with van der Waals surface area (Å²) in [4.78, 5) is 0. The van der Waals surface area contributed by atoms with Gasteiger partial charge in [0.1, 0.15) is 6.61 Å². The van der Waals surface area contributed by atoms with Crippen molar-refractivity contribution in [2.75, 3.05) is 6.61 Å². The van der Waals surface area contributed by atoms with Crippen molar-refractivity contribution in [2.24, 2.45) is 5.73 Å². The number of nitrogens with two attached hydrogens (primary N) is 1. The SMILES string of the molecule is NC1(COc2cccc(Cl)c2F)CC1. The fourth-order valence-electron chi connectivity index (χ4n) is 1.12. The Bertz CT molecular complexity index is 352. The van der Waals surface area contributed by atoms with E-state index in [9.17, 15) is 4.39 Å². The van der Waals surface area contributed by atoms with Crippen molar-refractivity contribution in [3.8, 4) is 5.75 Å². The molecule has 4 heteroatoms. The summed E-state index contributed by atoms with van der Waals surface area (Å²) in [5.41, 5.74) is 5.56. The van der Waals surface area contributed by atoms with Gasteiger partial charge in [-0.2, -0.15) is 0 Å². The third-order valence-electron chi connectivity index (χ3n) is 2.32. The van der Waals surface area contributed by atoms with Gasteiger partial charge in [-0.1, -0.05) is 17.7 Å². The zero-order valence-corrected chi connectivity index (χ0v) is 8.35. The highest BCUT2D eigenvalue weighted by Crippen LogP contribution is 2.33. The summed E-state index contributed by atoms with van der Waals surface area (Å²) in [5.74, 6) is -0.340. The van der Waals surface area contributed by atoms with E-state index in [1.54, 1.807) is 12.1 Å². The van der Waals surface area contributed by atoms with Crippen molar-refractivity contribution in [1.29, 1.82) is 0 Å². The Morgan fingerprint density at radius 1 is 1.50 bits per heavy atom. The molecule has 1 aromatic rings. The van der Waals surface area contributed by atoms with Gasteiger partial charge in [-0.25, -0.2) is 4.39 Å². The molecule has 0 aliphatic heterocycles. The zero-order valence-electron chi connectivity index (χ0n) is 7.59. The Morgan fingerprint density at radius 2 is 2.21 bits per heavy atom. The standard InChI is InChI=1S/C10H11ClFNO/c11-7-2-1-3-8(9(7)12)14-6-10(13)4-5-10/h1-3H,4-6,13H2. The molecule has 0 heterocycles. The summed E-state index contributed by atoms with van der Waals surface area (Å²) in [6.45, 7) is 0.351. The lowest BCUT2D eigenvalue weighted by Crippen LogP contribution is -2.29. The number of rotatable bonds is 3. The van der Waals surface area contributed by atoms with Crippen LogP contribution in [0.25, 0.3) is 0 Å². The molecule has 1 aliphatic rings. The van der Waals surface area contributed by atoms with Gasteiger partial charge in [0.2, 0.25) is 0 Å². The van der Waals surface area contributed by atoms with E-state index >= 15 is 0 Å². The van der Waals surface area contributed by atoms with Crippen molar-refractivity contribution < 1.29 is 9.13 Å². The highest BCUT2D eigenvalue weighted by molar-refractivity contribution is 6.30. The van der Waals surface area contributed by atoms with Gasteiger partial charge in [0.05, 0.1) is 10.6 Å². The molecular formula is C10H11ClFNO. The van der Waals surface area contributed by atoms with E-state index in [-0.39, 0.29) is 16.3 Å². The molecular weight excluding hydrogens is 205 g/mol. The van der Waals surface area contributed by atoms with E-state index in [0.717, 1.165) is 12.8 Å². The van der Waals surface area contributed by atoms with Gasteiger partial charge in [-0.3, -0.25) is 0 Å². The molecule has 0 amide bonds. The first-order valence-electron chi connectivity index (χ1n) is 4.46. The fraction of sp³-hybridized carbons (Fsp3) is 0.400. The summed E-state index contributed by atoms with van der Waals surface area (Å²) in [7, 11) is 0. The largest absolute Gasteiger partial charge is 0.489 e. The first kappa shape index (κ1) is 9.74. The lowest BCUT2D eigenvalue weighted by Gasteiger charge is -2.11. The molecule has 0 spiro atoms. The Balaban J connectivity index is 2.05. The first-order chi connectivity index (χ1) is 6.61. The Labute approximate surface area is 86.8 Å². The van der Waals surface area contributed by atoms with E-state index in [0.29, 0.717) is 6.61 Å². The topological polar surface area (TPSA) is 35.2 Å². The second kappa shape index (κ2) is 3.41. The molecule has 2 N–H and O–H groups in total. The summed E-state index contributed by atoms with van der Waals surface area (Å²) in [5, 5.41) is 0.0735. The number of ether oxygens (including phenoxy) is 1. The van der Waals surface area contributed by atoms with E-state index in [1.807, 2.05) is 0 Å². The Morgan fingerprint density at radius 3 is 2.86 bits per heavy atom. The van der Waals surface area contributed by atoms with Gasteiger partial charge in [0, 0.05) is 0 Å². The van der Waals surface area contributed by atoms with Crippen LogP contribution in [0.3, 0.4) is 0 Å². The minimum absolute atomic E-state index is 0.0735. The van der Waals surface area contributed by atoms with Crippen molar-refractivity contribution in [2.45, 2.75) is 18.4 Å². The third kappa shape index (κ3) is 1.99. The summed E-state index contributed by atoms with van der Waals surface area (Å²) < 4.78 is 18.6. The van der Waals surface area contributed by atoms with Crippen LogP contribution in [0.1, 0.15) is 12.8 Å². The van der Waals surface area contributed by atoms with Gasteiger partial charge in [-0.05, 0) is 25.0 Å². The second-order valence-corrected chi connectivity index (χ2v) is 4.11. The maximum absolute atomic E-state index is 13.3. The molecule has 76 valence electrons. The number of hydrogen-bond donors (Lipinski definition) is 1. The van der Waals surface area contributed by atoms with Crippen LogP contribution in [0.2, 0.25) is 5.02 Å². The smallest absolute Gasteiger partial charge is 0.183 e. The molecule has 1 aromatic carbocycles. The molecule has 1 aliphatic carbocycles. The average Bonchev–Trinajstić information content (AvgIpc) is 2.88.